The van der Waals surface area contributed by atoms with Gasteiger partial charge in [0.05, 0.1) is 0 Å². The average Bonchev–Trinajstić information content (AvgIpc) is 1.14. The number of hydrogen-bond acceptors (Lipinski definition) is 5. The fraction of sp³-hybridized carbons (Fsp3) is 0. The van der Waals surface area contributed by atoms with Crippen LogP contribution < -0.4 is 0 Å². The molecule has 0 amide bonds. The van der Waals surface area contributed by atoms with Gasteiger partial charge in [0, 0.05) is 36.5 Å². The molecule has 0 aromatic heterocycles. The molecule has 0 saturated heterocycles. The largest absolute Gasteiger partial charge is 0.413 e. The van der Waals surface area contributed by atoms with Crippen molar-refractivity contribution in [3.63, 3.8) is 0 Å². The van der Waals surface area contributed by atoms with Gasteiger partial charge in [0.1, 0.15) is 0 Å². The summed E-state index contributed by atoms with van der Waals surface area (Å²) in [6.07, 6.45) is 0. The van der Waals surface area contributed by atoms with Crippen molar-refractivity contribution in [2.24, 2.45) is 0 Å². The maximum absolute atomic E-state index is 9.44. The molecule has 0 aliphatic carbocycles. The first kappa shape index (κ1) is 17.9. The predicted molar refractivity (Wildman–Crippen MR) is 24.2 cm³/mol. The van der Waals surface area contributed by atoms with Crippen molar-refractivity contribution in [2.45, 2.75) is 0 Å². The van der Waals surface area contributed by atoms with Gasteiger partial charge in [0.15, 0.2) is 0 Å². The fourth-order valence-corrected chi connectivity index (χ4v) is 0.978. The molecule has 0 spiro atoms. The summed E-state index contributed by atoms with van der Waals surface area (Å²) in [6, 6.07) is 0. The first-order valence-electron chi connectivity index (χ1n) is 1.37. The standard InChI is InChI=1S/Cu.H2O7S2.Zn/c;1-8(2,3)7-9(4,5)6;/h;(H,1,2,3)(H,4,5,6);. The molecule has 0 aliphatic rings. The molecule has 0 aromatic carbocycles. The molecule has 0 unspecified atom stereocenters. The second-order valence-electron chi connectivity index (χ2n) is 0.924. The van der Waals surface area contributed by atoms with Crippen LogP contribution in [-0.4, -0.2) is 25.9 Å². The Kier molecular flexibility index (Phi) is 9.01. The zero-order chi connectivity index (χ0) is 7.71. The zero-order valence-corrected chi connectivity index (χ0v) is 10.3. The minimum atomic E-state index is -5.12. The van der Waals surface area contributed by atoms with E-state index in [0.717, 1.165) is 0 Å². The molecule has 1 radical (unpaired) electrons. The van der Waals surface area contributed by atoms with Gasteiger partial charge in [-0.1, -0.05) is 0 Å². The van der Waals surface area contributed by atoms with Crippen LogP contribution in [0, 0.1) is 0 Å². The van der Waals surface area contributed by atoms with Gasteiger partial charge in [-0.25, -0.2) is 0 Å². The van der Waals surface area contributed by atoms with Crippen LogP contribution in [0.15, 0.2) is 0 Å². The first-order valence-corrected chi connectivity index (χ1v) is 4.10. The molecule has 2 N–H and O–H groups in total. The van der Waals surface area contributed by atoms with E-state index in [1.165, 1.54) is 0 Å². The third kappa shape index (κ3) is 18.1. The van der Waals surface area contributed by atoms with Gasteiger partial charge in [-0.05, 0) is 0 Å². The van der Waals surface area contributed by atoms with Gasteiger partial charge in [-0.3, -0.25) is 9.11 Å². The smallest absolute Gasteiger partial charge is 0.263 e. The SMILES string of the molecule is O=S(=O)(O)OS(=O)(=O)O.[Cu].[Zn]. The predicted octanol–water partition coefficient (Wildman–Crippen LogP) is -1.40. The third-order valence-corrected chi connectivity index (χ3v) is 1.55. The van der Waals surface area contributed by atoms with Crippen LogP contribution in [0.3, 0.4) is 0 Å². The summed E-state index contributed by atoms with van der Waals surface area (Å²) < 4.78 is 55.6. The number of rotatable bonds is 2. The summed E-state index contributed by atoms with van der Waals surface area (Å²) in [6.45, 7) is 0. The molecule has 0 bridgehead atoms. The molecule has 11 heteroatoms. The van der Waals surface area contributed by atoms with Crippen molar-refractivity contribution in [3.8, 4) is 0 Å². The van der Waals surface area contributed by atoms with Crippen molar-refractivity contribution in [1.29, 1.82) is 0 Å². The van der Waals surface area contributed by atoms with Crippen LogP contribution in [0.2, 0.25) is 0 Å². The molecule has 0 aliphatic heterocycles. The second kappa shape index (κ2) is 5.55. The maximum Gasteiger partial charge on any atom is 0.413 e. The summed E-state index contributed by atoms with van der Waals surface area (Å²) >= 11 is 0. The Labute approximate surface area is 86.6 Å². The van der Waals surface area contributed by atoms with Crippen molar-refractivity contribution in [2.75, 3.05) is 0 Å². The molecule has 0 rings (SSSR count). The normalized spacial score (nSPS) is 11.1. The molecule has 69 valence electrons. The van der Waals surface area contributed by atoms with E-state index in [1.54, 1.807) is 0 Å². The van der Waals surface area contributed by atoms with Gasteiger partial charge < -0.3 is 0 Å². The van der Waals surface area contributed by atoms with E-state index in [9.17, 15) is 16.8 Å². The molecule has 0 saturated carbocycles. The van der Waals surface area contributed by atoms with Crippen LogP contribution in [0.25, 0.3) is 0 Å². The summed E-state index contributed by atoms with van der Waals surface area (Å²) in [7, 11) is -10.2. The Morgan fingerprint density at radius 1 is 0.909 bits per heavy atom. The monoisotopic (exact) mass is 305 g/mol. The zero-order valence-electron chi connectivity index (χ0n) is 4.76. The minimum Gasteiger partial charge on any atom is -0.263 e. The molecule has 0 aromatic rings. The van der Waals surface area contributed by atoms with Crippen molar-refractivity contribution in [3.05, 3.63) is 0 Å². The van der Waals surface area contributed by atoms with Gasteiger partial charge >= 0.3 is 20.8 Å². The quantitative estimate of drug-likeness (QED) is 0.476. The minimum absolute atomic E-state index is 0. The summed E-state index contributed by atoms with van der Waals surface area (Å²) in [4.78, 5) is 0. The van der Waals surface area contributed by atoms with Gasteiger partial charge in [-0.15, -0.1) is 3.63 Å². The summed E-state index contributed by atoms with van der Waals surface area (Å²) in [5.74, 6) is 0. The van der Waals surface area contributed by atoms with E-state index < -0.39 is 20.8 Å². The second-order valence-corrected chi connectivity index (χ2v) is 3.18. The fourth-order valence-electron chi connectivity index (χ4n) is 0.109. The molecular weight excluding hydrogens is 305 g/mol. The van der Waals surface area contributed by atoms with E-state index in [-0.39, 0.29) is 36.5 Å². The molecule has 0 fully saturated rings. The van der Waals surface area contributed by atoms with Crippen molar-refractivity contribution in [1.82, 2.24) is 0 Å². The molecule has 0 atom stereocenters. The Hall–Kier alpha value is 0.923. The van der Waals surface area contributed by atoms with Crippen LogP contribution in [0.4, 0.5) is 0 Å². The molecular formula is H2CuO7S2Zn. The summed E-state index contributed by atoms with van der Waals surface area (Å²) in [5.41, 5.74) is 0. The van der Waals surface area contributed by atoms with Crippen LogP contribution in [0.5, 0.6) is 0 Å². The van der Waals surface area contributed by atoms with Crippen molar-refractivity contribution >= 4 is 20.8 Å². The maximum atomic E-state index is 9.44. The van der Waals surface area contributed by atoms with E-state index in [1.807, 2.05) is 0 Å². The first-order chi connectivity index (χ1) is 3.71. The Bertz CT molecular complexity index is 242. The topological polar surface area (TPSA) is 118 Å². The Balaban J connectivity index is -0.000000320. The van der Waals surface area contributed by atoms with Crippen LogP contribution in [0.1, 0.15) is 0 Å². The van der Waals surface area contributed by atoms with Gasteiger partial charge in [-0.2, -0.15) is 16.8 Å². The average molecular weight is 307 g/mol. The molecule has 11 heavy (non-hydrogen) atoms. The van der Waals surface area contributed by atoms with E-state index in [0.29, 0.717) is 0 Å². The van der Waals surface area contributed by atoms with Gasteiger partial charge in [0.2, 0.25) is 0 Å². The van der Waals surface area contributed by atoms with Gasteiger partial charge in [0.25, 0.3) is 0 Å². The summed E-state index contributed by atoms with van der Waals surface area (Å²) in [5, 5.41) is 0. The van der Waals surface area contributed by atoms with Crippen LogP contribution >= 0.6 is 0 Å². The number of hydrogen-bond donors (Lipinski definition) is 2. The van der Waals surface area contributed by atoms with E-state index in [2.05, 4.69) is 3.63 Å². The molecule has 7 nitrogen and oxygen atoms in total. The third-order valence-electron chi connectivity index (χ3n) is 0.172. The van der Waals surface area contributed by atoms with E-state index >= 15 is 0 Å². The Morgan fingerprint density at radius 2 is 1.09 bits per heavy atom. The molecule has 0 heterocycles. The van der Waals surface area contributed by atoms with Crippen molar-refractivity contribution < 1.29 is 66.1 Å². The van der Waals surface area contributed by atoms with E-state index in [4.69, 9.17) is 9.11 Å². The van der Waals surface area contributed by atoms with Crippen LogP contribution in [-0.2, 0) is 61.0 Å². The Morgan fingerprint density at radius 3 is 1.09 bits per heavy atom.